The first-order valence-electron chi connectivity index (χ1n) is 9.91. The second-order valence-electron chi connectivity index (χ2n) is 7.22. The fourth-order valence-corrected chi connectivity index (χ4v) is 3.42. The predicted molar refractivity (Wildman–Crippen MR) is 116 cm³/mol. The minimum absolute atomic E-state index is 0.0311. The van der Waals surface area contributed by atoms with E-state index in [1.807, 2.05) is 31.5 Å². The molecule has 2 aromatic carbocycles. The van der Waals surface area contributed by atoms with E-state index >= 15 is 0 Å². The van der Waals surface area contributed by atoms with E-state index in [1.165, 1.54) is 16.7 Å². The lowest BCUT2D eigenvalue weighted by Gasteiger charge is -2.29. The molecular weight excluding hydrogens is 421 g/mol. The van der Waals surface area contributed by atoms with E-state index in [2.05, 4.69) is 10.6 Å². The first kappa shape index (κ1) is 21.5. The number of nitrogens with zero attached hydrogens (tertiary/aromatic N) is 2. The van der Waals surface area contributed by atoms with Gasteiger partial charge in [0.15, 0.2) is 5.75 Å². The normalized spacial score (nSPS) is 15.9. The van der Waals surface area contributed by atoms with Crippen molar-refractivity contribution in [2.75, 3.05) is 18.9 Å². The molecule has 0 saturated heterocycles. The number of allylic oxidation sites excluding steroid dienone is 2. The molecule has 0 bridgehead atoms. The molecule has 1 aliphatic rings. The van der Waals surface area contributed by atoms with Crippen molar-refractivity contribution in [3.8, 4) is 5.75 Å². The Bertz CT molecular complexity index is 1180. The van der Waals surface area contributed by atoms with Crippen molar-refractivity contribution in [2.24, 2.45) is 0 Å². The van der Waals surface area contributed by atoms with Gasteiger partial charge in [-0.15, -0.1) is 0 Å². The average Bonchev–Trinajstić information content (AvgIpc) is 3.18. The van der Waals surface area contributed by atoms with Crippen molar-refractivity contribution < 1.29 is 22.8 Å². The van der Waals surface area contributed by atoms with E-state index in [4.69, 9.17) is 4.84 Å². The molecule has 0 fully saturated rings. The third kappa shape index (κ3) is 4.62. The molecule has 6 nitrogen and oxygen atoms in total. The van der Waals surface area contributed by atoms with Gasteiger partial charge < -0.3 is 15.5 Å². The highest BCUT2D eigenvalue weighted by Gasteiger charge is 2.30. The number of halogens is 3. The van der Waals surface area contributed by atoms with Crippen molar-refractivity contribution in [3.63, 3.8) is 0 Å². The highest BCUT2D eigenvalue weighted by Crippen LogP contribution is 2.31. The van der Waals surface area contributed by atoms with Crippen LogP contribution in [0.2, 0.25) is 0 Å². The lowest BCUT2D eigenvalue weighted by atomic mass is 10.2. The summed E-state index contributed by atoms with van der Waals surface area (Å²) in [4.78, 5) is 18.7. The number of carbonyl (C=O) groups is 1. The van der Waals surface area contributed by atoms with Gasteiger partial charge >= 0.3 is 12.2 Å². The molecule has 1 aliphatic heterocycles. The molecule has 1 atom stereocenters. The third-order valence-electron chi connectivity index (χ3n) is 4.95. The summed E-state index contributed by atoms with van der Waals surface area (Å²) in [6.45, 7) is 0.704. The van der Waals surface area contributed by atoms with Crippen LogP contribution in [0, 0.1) is 0 Å². The quantitative estimate of drug-likeness (QED) is 0.584. The van der Waals surface area contributed by atoms with Crippen molar-refractivity contribution in [2.45, 2.75) is 12.2 Å². The maximum absolute atomic E-state index is 12.9. The van der Waals surface area contributed by atoms with E-state index in [-0.39, 0.29) is 11.7 Å². The molecular formula is C23H21F3N4O2. The van der Waals surface area contributed by atoms with Gasteiger partial charge in [0, 0.05) is 30.0 Å². The van der Waals surface area contributed by atoms with Gasteiger partial charge in [-0.2, -0.15) is 13.2 Å². The van der Waals surface area contributed by atoms with Gasteiger partial charge in [-0.1, -0.05) is 18.2 Å². The maximum Gasteiger partial charge on any atom is 0.416 e. The molecule has 9 heteroatoms. The Kier molecular flexibility index (Phi) is 5.91. The van der Waals surface area contributed by atoms with Crippen LogP contribution < -0.4 is 15.5 Å². The van der Waals surface area contributed by atoms with E-state index in [0.717, 1.165) is 17.5 Å². The average molecular weight is 442 g/mol. The van der Waals surface area contributed by atoms with E-state index < -0.39 is 17.8 Å². The Balaban J connectivity index is 1.51. The second kappa shape index (κ2) is 8.80. The molecule has 0 radical (unpaired) electrons. The molecule has 166 valence electrons. The van der Waals surface area contributed by atoms with Crippen LogP contribution in [0.4, 0.5) is 23.7 Å². The van der Waals surface area contributed by atoms with Gasteiger partial charge in [-0.25, -0.2) is 9.86 Å². The summed E-state index contributed by atoms with van der Waals surface area (Å²) >= 11 is 0. The number of likely N-dealkylation sites (N-methyl/N-ethyl adjacent to an activating group) is 1. The zero-order valence-electron chi connectivity index (χ0n) is 17.1. The number of hydroxylamine groups is 2. The van der Waals surface area contributed by atoms with Gasteiger partial charge in [-0.05, 0) is 55.6 Å². The van der Waals surface area contributed by atoms with E-state index in [0.29, 0.717) is 17.8 Å². The zero-order chi connectivity index (χ0) is 22.7. The van der Waals surface area contributed by atoms with Crippen LogP contribution in [-0.2, 0) is 6.18 Å². The van der Waals surface area contributed by atoms with Crippen molar-refractivity contribution in [1.29, 1.82) is 0 Å². The molecule has 1 unspecified atom stereocenters. The van der Waals surface area contributed by atoms with Gasteiger partial charge in [0.25, 0.3) is 0 Å². The van der Waals surface area contributed by atoms with Gasteiger partial charge in [0.1, 0.15) is 0 Å². The summed E-state index contributed by atoms with van der Waals surface area (Å²) in [6, 6.07) is 11.0. The summed E-state index contributed by atoms with van der Waals surface area (Å²) < 4.78 is 40.1. The van der Waals surface area contributed by atoms with Gasteiger partial charge in [-0.3, -0.25) is 4.57 Å². The Morgan fingerprint density at radius 2 is 1.97 bits per heavy atom. The molecule has 32 heavy (non-hydrogen) atoms. The van der Waals surface area contributed by atoms with Crippen LogP contribution in [-0.4, -0.2) is 35.3 Å². The molecule has 0 saturated carbocycles. The summed E-state index contributed by atoms with van der Waals surface area (Å²) in [5.74, 6) is 0.592. The fraction of sp³-hybridized carbons (Fsp3) is 0.174. The number of rotatable bonds is 5. The van der Waals surface area contributed by atoms with Crippen LogP contribution in [0.15, 0.2) is 79.2 Å². The summed E-state index contributed by atoms with van der Waals surface area (Å²) in [6.07, 6.45) is 4.75. The van der Waals surface area contributed by atoms with Gasteiger partial charge in [0.2, 0.25) is 0 Å². The minimum atomic E-state index is -4.48. The Morgan fingerprint density at radius 1 is 1.12 bits per heavy atom. The van der Waals surface area contributed by atoms with Gasteiger partial charge in [0.05, 0.1) is 17.1 Å². The number of carbonyl (C=O) groups excluding carboxylic acids is 1. The molecule has 3 aromatic rings. The van der Waals surface area contributed by atoms with Crippen molar-refractivity contribution in [1.82, 2.24) is 14.9 Å². The highest BCUT2D eigenvalue weighted by atomic mass is 19.4. The van der Waals surface area contributed by atoms with Crippen LogP contribution in [0.25, 0.3) is 10.9 Å². The zero-order valence-corrected chi connectivity index (χ0v) is 17.1. The van der Waals surface area contributed by atoms with Crippen LogP contribution in [0.1, 0.15) is 5.56 Å². The van der Waals surface area contributed by atoms with Crippen LogP contribution in [0.5, 0.6) is 5.75 Å². The number of benzene rings is 2. The Labute approximate surface area is 182 Å². The van der Waals surface area contributed by atoms with Crippen molar-refractivity contribution >= 4 is 22.6 Å². The largest absolute Gasteiger partial charge is 0.416 e. The number of anilines is 1. The molecule has 1 amide bonds. The smallest absolute Gasteiger partial charge is 0.379 e. The number of amides is 1. The molecule has 2 heterocycles. The standard InChI is InChI=1S/C23H21F3N4O2/c1-27-15-19-7-2-3-11-30(19)32-20-8-9-21-16(13-20)10-12-29(21)22(31)28-18-6-4-5-17(14-18)23(24,25)26/h2-14,19,27H,15H2,1H3,(H,28,31). The predicted octanol–water partition coefficient (Wildman–Crippen LogP) is 5.01. The number of hydrogen-bond acceptors (Lipinski definition) is 4. The Hall–Kier alpha value is -3.72. The molecule has 1 aromatic heterocycles. The first-order chi connectivity index (χ1) is 15.3. The van der Waals surface area contributed by atoms with Crippen LogP contribution in [0.3, 0.4) is 0 Å². The minimum Gasteiger partial charge on any atom is -0.379 e. The lowest BCUT2D eigenvalue weighted by molar-refractivity contribution is -0.137. The van der Waals surface area contributed by atoms with E-state index in [1.54, 1.807) is 35.5 Å². The Morgan fingerprint density at radius 3 is 2.75 bits per heavy atom. The second-order valence-corrected chi connectivity index (χ2v) is 7.22. The number of fused-ring (bicyclic) bond motifs is 1. The lowest BCUT2D eigenvalue weighted by Crippen LogP contribution is -2.39. The molecule has 4 rings (SSSR count). The summed E-state index contributed by atoms with van der Waals surface area (Å²) in [7, 11) is 1.86. The third-order valence-corrected chi connectivity index (χ3v) is 4.95. The first-order valence-corrected chi connectivity index (χ1v) is 9.91. The molecule has 0 aliphatic carbocycles. The maximum atomic E-state index is 12.9. The van der Waals surface area contributed by atoms with Crippen LogP contribution >= 0.6 is 0 Å². The number of hydrogen-bond donors (Lipinski definition) is 2. The fourth-order valence-electron chi connectivity index (χ4n) is 3.42. The number of nitrogens with one attached hydrogen (secondary N) is 2. The summed E-state index contributed by atoms with van der Waals surface area (Å²) in [5, 5.41) is 8.11. The SMILES string of the molecule is CNCC1C=CC=CN1Oc1ccc2c(ccn2C(=O)Nc2cccc(C(F)(F)F)c2)c1. The topological polar surface area (TPSA) is 58.5 Å². The molecule has 0 spiro atoms. The monoisotopic (exact) mass is 442 g/mol. The van der Waals surface area contributed by atoms with Crippen molar-refractivity contribution in [3.05, 3.63) is 84.7 Å². The number of aromatic nitrogens is 1. The summed E-state index contributed by atoms with van der Waals surface area (Å²) in [5.41, 5.74) is -0.164. The number of alkyl halides is 3. The highest BCUT2D eigenvalue weighted by molar-refractivity contribution is 5.98. The van der Waals surface area contributed by atoms with E-state index in [9.17, 15) is 18.0 Å². The molecule has 2 N–H and O–H groups in total.